The monoisotopic (exact) mass is 274 g/mol. The predicted molar refractivity (Wildman–Crippen MR) is 76.1 cm³/mol. The maximum Gasteiger partial charge on any atom is 0.235 e. The molecule has 0 spiro atoms. The smallest absolute Gasteiger partial charge is 0.235 e. The zero-order valence-electron chi connectivity index (χ0n) is 11.6. The van der Waals surface area contributed by atoms with Crippen molar-refractivity contribution in [3.63, 3.8) is 0 Å². The summed E-state index contributed by atoms with van der Waals surface area (Å²) in [5.74, 6) is -0.240. The number of benzene rings is 1. The average Bonchev–Trinajstić information content (AvgIpc) is 3.10. The highest BCUT2D eigenvalue weighted by Gasteiger charge is 2.40. The highest BCUT2D eigenvalue weighted by molar-refractivity contribution is 5.59. The molecule has 1 saturated carbocycles. The van der Waals surface area contributed by atoms with Crippen LogP contribution in [0.4, 0.5) is 10.1 Å². The van der Waals surface area contributed by atoms with E-state index in [1.54, 1.807) is 12.1 Å². The number of rotatable bonds is 3. The Labute approximate surface area is 118 Å². The lowest BCUT2D eigenvalue weighted by Crippen LogP contribution is -2.27. The molecule has 1 aromatic carbocycles. The molecule has 1 aliphatic heterocycles. The molecule has 1 aromatic rings. The molecule has 0 atom stereocenters. The SMILES string of the molecule is O=C=NC1(c2c(F)cccc2N2CCCC2)CCCC1. The average molecular weight is 274 g/mol. The van der Waals surface area contributed by atoms with Gasteiger partial charge in [0.25, 0.3) is 0 Å². The molecule has 0 bridgehead atoms. The summed E-state index contributed by atoms with van der Waals surface area (Å²) in [5, 5.41) is 0. The van der Waals surface area contributed by atoms with E-state index in [2.05, 4.69) is 9.89 Å². The van der Waals surface area contributed by atoms with Crippen molar-refractivity contribution in [2.24, 2.45) is 4.99 Å². The Hall–Kier alpha value is -1.67. The largest absolute Gasteiger partial charge is 0.371 e. The summed E-state index contributed by atoms with van der Waals surface area (Å²) < 4.78 is 14.5. The number of halogens is 1. The van der Waals surface area contributed by atoms with Crippen LogP contribution >= 0.6 is 0 Å². The number of hydrogen-bond acceptors (Lipinski definition) is 3. The van der Waals surface area contributed by atoms with Crippen LogP contribution in [0.25, 0.3) is 0 Å². The second-order valence-electron chi connectivity index (χ2n) is 5.77. The van der Waals surface area contributed by atoms with Gasteiger partial charge in [-0.3, -0.25) is 0 Å². The van der Waals surface area contributed by atoms with Crippen LogP contribution in [0, 0.1) is 5.82 Å². The Morgan fingerprint density at radius 2 is 1.85 bits per heavy atom. The Morgan fingerprint density at radius 1 is 1.15 bits per heavy atom. The maximum absolute atomic E-state index is 14.5. The van der Waals surface area contributed by atoms with Gasteiger partial charge in [0.1, 0.15) is 11.4 Å². The summed E-state index contributed by atoms with van der Waals surface area (Å²) in [7, 11) is 0. The molecule has 2 fully saturated rings. The lowest BCUT2D eigenvalue weighted by Gasteiger charge is -2.30. The van der Waals surface area contributed by atoms with Gasteiger partial charge in [0.15, 0.2) is 0 Å². The van der Waals surface area contributed by atoms with Crippen molar-refractivity contribution in [1.29, 1.82) is 0 Å². The fourth-order valence-electron chi connectivity index (χ4n) is 3.66. The highest BCUT2D eigenvalue weighted by atomic mass is 19.1. The number of aliphatic imine (C=N–C) groups is 1. The Bertz CT molecular complexity index is 539. The molecule has 3 rings (SSSR count). The molecule has 1 saturated heterocycles. The zero-order valence-corrected chi connectivity index (χ0v) is 11.6. The van der Waals surface area contributed by atoms with Crippen LogP contribution in [0.3, 0.4) is 0 Å². The lowest BCUT2D eigenvalue weighted by molar-refractivity contribution is 0.430. The number of carbonyl (C=O) groups excluding carboxylic acids is 1. The van der Waals surface area contributed by atoms with Crippen LogP contribution in [-0.2, 0) is 10.3 Å². The van der Waals surface area contributed by atoms with Gasteiger partial charge in [-0.05, 0) is 37.8 Å². The topological polar surface area (TPSA) is 32.7 Å². The summed E-state index contributed by atoms with van der Waals surface area (Å²) in [6.07, 6.45) is 7.41. The second-order valence-corrected chi connectivity index (χ2v) is 5.77. The Balaban J connectivity index is 2.13. The Morgan fingerprint density at radius 3 is 2.50 bits per heavy atom. The molecule has 1 heterocycles. The minimum Gasteiger partial charge on any atom is -0.371 e. The molecule has 0 aromatic heterocycles. The van der Waals surface area contributed by atoms with E-state index in [1.807, 2.05) is 6.07 Å². The number of nitrogens with zero attached hydrogens (tertiary/aromatic N) is 2. The van der Waals surface area contributed by atoms with E-state index >= 15 is 0 Å². The molecule has 106 valence electrons. The Kier molecular flexibility index (Phi) is 3.58. The summed E-state index contributed by atoms with van der Waals surface area (Å²) in [6, 6.07) is 5.19. The van der Waals surface area contributed by atoms with Crippen molar-refractivity contribution in [2.75, 3.05) is 18.0 Å². The molecular weight excluding hydrogens is 255 g/mol. The first-order valence-electron chi connectivity index (χ1n) is 7.40. The maximum atomic E-state index is 14.5. The van der Waals surface area contributed by atoms with Gasteiger partial charge in [-0.2, -0.15) is 4.99 Å². The van der Waals surface area contributed by atoms with Gasteiger partial charge in [0, 0.05) is 24.3 Å². The quantitative estimate of drug-likeness (QED) is 0.624. The van der Waals surface area contributed by atoms with Crippen LogP contribution in [0.15, 0.2) is 23.2 Å². The van der Waals surface area contributed by atoms with Gasteiger partial charge in [-0.1, -0.05) is 18.9 Å². The van der Waals surface area contributed by atoms with Gasteiger partial charge >= 0.3 is 0 Å². The molecule has 0 amide bonds. The van der Waals surface area contributed by atoms with Gasteiger partial charge in [0.05, 0.1) is 0 Å². The zero-order chi connectivity index (χ0) is 14.0. The second kappa shape index (κ2) is 5.37. The lowest BCUT2D eigenvalue weighted by atomic mass is 9.86. The number of anilines is 1. The van der Waals surface area contributed by atoms with Crippen LogP contribution in [0.5, 0.6) is 0 Å². The molecule has 0 radical (unpaired) electrons. The summed E-state index contributed by atoms with van der Waals surface area (Å²) >= 11 is 0. The van der Waals surface area contributed by atoms with E-state index in [-0.39, 0.29) is 5.82 Å². The third-order valence-corrected chi connectivity index (χ3v) is 4.59. The normalized spacial score (nSPS) is 20.9. The van der Waals surface area contributed by atoms with Gasteiger partial charge < -0.3 is 4.90 Å². The van der Waals surface area contributed by atoms with E-state index in [0.29, 0.717) is 5.56 Å². The number of hydrogen-bond donors (Lipinski definition) is 0. The van der Waals surface area contributed by atoms with Gasteiger partial charge in [0.2, 0.25) is 6.08 Å². The van der Waals surface area contributed by atoms with Crippen molar-refractivity contribution in [3.8, 4) is 0 Å². The van der Waals surface area contributed by atoms with E-state index in [9.17, 15) is 9.18 Å². The fraction of sp³-hybridized carbons (Fsp3) is 0.562. The molecule has 0 N–H and O–H groups in total. The molecule has 2 aliphatic rings. The minimum atomic E-state index is -0.689. The molecule has 4 heteroatoms. The van der Waals surface area contributed by atoms with E-state index in [0.717, 1.165) is 57.3 Å². The summed E-state index contributed by atoms with van der Waals surface area (Å²) in [5.41, 5.74) is 0.844. The first kappa shape index (κ1) is 13.3. The van der Waals surface area contributed by atoms with Crippen LogP contribution in [0.2, 0.25) is 0 Å². The van der Waals surface area contributed by atoms with Crippen LogP contribution < -0.4 is 4.90 Å². The van der Waals surface area contributed by atoms with Crippen molar-refractivity contribution >= 4 is 11.8 Å². The van der Waals surface area contributed by atoms with Gasteiger partial charge in [-0.15, -0.1) is 0 Å². The fourth-order valence-corrected chi connectivity index (χ4v) is 3.66. The van der Waals surface area contributed by atoms with Crippen molar-refractivity contribution in [3.05, 3.63) is 29.6 Å². The first-order valence-corrected chi connectivity index (χ1v) is 7.40. The molecule has 3 nitrogen and oxygen atoms in total. The van der Waals surface area contributed by atoms with Crippen LogP contribution in [-0.4, -0.2) is 19.2 Å². The first-order chi connectivity index (χ1) is 9.77. The molecule has 20 heavy (non-hydrogen) atoms. The van der Waals surface area contributed by atoms with Crippen molar-refractivity contribution < 1.29 is 9.18 Å². The van der Waals surface area contributed by atoms with Crippen molar-refractivity contribution in [2.45, 2.75) is 44.1 Å². The van der Waals surface area contributed by atoms with E-state index < -0.39 is 5.54 Å². The van der Waals surface area contributed by atoms with E-state index in [4.69, 9.17) is 0 Å². The summed E-state index contributed by atoms with van der Waals surface area (Å²) in [4.78, 5) is 17.1. The molecule has 0 unspecified atom stereocenters. The van der Waals surface area contributed by atoms with Gasteiger partial charge in [-0.25, -0.2) is 9.18 Å². The summed E-state index contributed by atoms with van der Waals surface area (Å²) in [6.45, 7) is 1.91. The minimum absolute atomic E-state index is 0.240. The molecule has 1 aliphatic carbocycles. The number of isocyanates is 1. The van der Waals surface area contributed by atoms with Crippen LogP contribution in [0.1, 0.15) is 44.1 Å². The predicted octanol–water partition coefficient (Wildman–Crippen LogP) is 3.53. The van der Waals surface area contributed by atoms with E-state index in [1.165, 1.54) is 6.07 Å². The third-order valence-electron chi connectivity index (χ3n) is 4.59. The standard InChI is InChI=1S/C16H19FN2O/c17-13-6-5-7-14(19-10-3-4-11-19)15(13)16(18-12-20)8-1-2-9-16/h5-7H,1-4,8-11H2. The highest BCUT2D eigenvalue weighted by Crippen LogP contribution is 2.47. The third kappa shape index (κ3) is 2.14. The van der Waals surface area contributed by atoms with Crippen molar-refractivity contribution in [1.82, 2.24) is 0 Å². The molecular formula is C16H19FN2O.